The van der Waals surface area contributed by atoms with E-state index in [4.69, 9.17) is 20.3 Å². The number of nitrogens with one attached hydrogen (secondary N) is 1. The summed E-state index contributed by atoms with van der Waals surface area (Å²) >= 11 is 0. The molecule has 0 radical (unpaired) electrons. The topological polar surface area (TPSA) is 172 Å². The zero-order valence-corrected chi connectivity index (χ0v) is 14.2. The molecule has 0 aliphatic carbocycles. The summed E-state index contributed by atoms with van der Waals surface area (Å²) in [6.45, 7) is 1.29. The van der Waals surface area contributed by atoms with Crippen molar-refractivity contribution in [2.75, 3.05) is 13.2 Å². The van der Waals surface area contributed by atoms with Crippen LogP contribution in [-0.2, 0) is 19.1 Å². The first-order chi connectivity index (χ1) is 12.2. The number of ketones is 1. The van der Waals surface area contributed by atoms with E-state index in [1.807, 2.05) is 0 Å². The lowest BCUT2D eigenvalue weighted by Crippen LogP contribution is -2.66. The standard InChI is InChI=1S/C15H23N3O8/c1-2-25-10(21)4-3-9(20)15(16)5-6-18(14(24)17-15)13-12(23)11(22)8(7-19)26-13/h5-6,8,11-13,19,22-23H,2-4,7,16H2,1H3,(H,17,24)/t8-,11-,12-,13-,15?/m1/s1. The van der Waals surface area contributed by atoms with Gasteiger partial charge in [-0.15, -0.1) is 0 Å². The minimum Gasteiger partial charge on any atom is -0.466 e. The number of urea groups is 1. The molecule has 0 aromatic carbocycles. The number of aliphatic hydroxyl groups is 3. The van der Waals surface area contributed by atoms with Gasteiger partial charge < -0.3 is 30.1 Å². The van der Waals surface area contributed by atoms with Gasteiger partial charge in [0.2, 0.25) is 0 Å². The third-order valence-corrected chi connectivity index (χ3v) is 4.16. The first-order valence-corrected chi connectivity index (χ1v) is 8.13. The molecule has 0 aromatic heterocycles. The van der Waals surface area contributed by atoms with Crippen LogP contribution in [0.1, 0.15) is 19.8 Å². The molecule has 0 saturated carbocycles. The summed E-state index contributed by atoms with van der Waals surface area (Å²) in [7, 11) is 0. The Morgan fingerprint density at radius 1 is 1.38 bits per heavy atom. The second kappa shape index (κ2) is 8.10. The van der Waals surface area contributed by atoms with Gasteiger partial charge in [-0.05, 0) is 13.0 Å². The van der Waals surface area contributed by atoms with E-state index >= 15 is 0 Å². The van der Waals surface area contributed by atoms with Crippen molar-refractivity contribution in [1.29, 1.82) is 0 Å². The third-order valence-electron chi connectivity index (χ3n) is 4.16. The molecule has 5 atom stereocenters. The number of amides is 2. The second-order valence-corrected chi connectivity index (χ2v) is 5.98. The average molecular weight is 373 g/mol. The molecule has 2 rings (SSSR count). The molecule has 146 valence electrons. The highest BCUT2D eigenvalue weighted by Gasteiger charge is 2.48. The molecule has 2 aliphatic rings. The van der Waals surface area contributed by atoms with Crippen LogP contribution in [0.25, 0.3) is 0 Å². The van der Waals surface area contributed by atoms with Gasteiger partial charge in [0.25, 0.3) is 0 Å². The van der Waals surface area contributed by atoms with Gasteiger partial charge in [0, 0.05) is 12.6 Å². The molecule has 6 N–H and O–H groups in total. The Labute approximate surface area is 149 Å². The van der Waals surface area contributed by atoms with Gasteiger partial charge in [0.05, 0.1) is 19.6 Å². The molecule has 0 bridgehead atoms. The van der Waals surface area contributed by atoms with Gasteiger partial charge in [-0.2, -0.15) is 0 Å². The fourth-order valence-corrected chi connectivity index (χ4v) is 2.68. The van der Waals surface area contributed by atoms with E-state index in [1.54, 1.807) is 6.92 Å². The fourth-order valence-electron chi connectivity index (χ4n) is 2.68. The largest absolute Gasteiger partial charge is 0.466 e. The van der Waals surface area contributed by atoms with Crippen molar-refractivity contribution in [3.05, 3.63) is 12.3 Å². The second-order valence-electron chi connectivity index (χ2n) is 5.98. The molecule has 1 unspecified atom stereocenters. The SMILES string of the molecule is CCOC(=O)CCC(=O)C1(N)C=CN([C@@H]2O[C@H](CO)[C@@H](O)[C@H]2O)C(=O)N1. The van der Waals surface area contributed by atoms with Gasteiger partial charge >= 0.3 is 12.0 Å². The van der Waals surface area contributed by atoms with Crippen molar-refractivity contribution in [1.82, 2.24) is 10.2 Å². The van der Waals surface area contributed by atoms with Crippen LogP contribution in [-0.4, -0.2) is 81.4 Å². The van der Waals surface area contributed by atoms with Crippen molar-refractivity contribution in [2.45, 2.75) is 50.0 Å². The van der Waals surface area contributed by atoms with Crippen LogP contribution in [0, 0.1) is 0 Å². The van der Waals surface area contributed by atoms with Crippen LogP contribution in [0.5, 0.6) is 0 Å². The Morgan fingerprint density at radius 2 is 2.08 bits per heavy atom. The monoisotopic (exact) mass is 373 g/mol. The van der Waals surface area contributed by atoms with Crippen LogP contribution < -0.4 is 11.1 Å². The van der Waals surface area contributed by atoms with E-state index in [-0.39, 0.29) is 19.4 Å². The van der Waals surface area contributed by atoms with Crippen LogP contribution in [0.2, 0.25) is 0 Å². The predicted octanol–water partition coefficient (Wildman–Crippen LogP) is -2.47. The van der Waals surface area contributed by atoms with Gasteiger partial charge in [-0.1, -0.05) is 0 Å². The first-order valence-electron chi connectivity index (χ1n) is 8.13. The third kappa shape index (κ3) is 4.02. The fraction of sp³-hybridized carbons (Fsp3) is 0.667. The summed E-state index contributed by atoms with van der Waals surface area (Å²) in [4.78, 5) is 36.8. The molecular weight excluding hydrogens is 350 g/mol. The first kappa shape index (κ1) is 20.3. The summed E-state index contributed by atoms with van der Waals surface area (Å²) < 4.78 is 9.98. The number of esters is 1. The van der Waals surface area contributed by atoms with Crippen molar-refractivity contribution >= 4 is 17.8 Å². The highest BCUT2D eigenvalue weighted by Crippen LogP contribution is 2.26. The van der Waals surface area contributed by atoms with E-state index in [1.165, 1.54) is 6.08 Å². The molecule has 0 spiro atoms. The van der Waals surface area contributed by atoms with Crippen molar-refractivity contribution < 1.29 is 39.2 Å². The summed E-state index contributed by atoms with van der Waals surface area (Å²) in [5.41, 5.74) is 4.07. The minimum atomic E-state index is -1.82. The van der Waals surface area contributed by atoms with Crippen molar-refractivity contribution in [3.63, 3.8) is 0 Å². The van der Waals surface area contributed by atoms with Gasteiger partial charge in [0.1, 0.15) is 18.3 Å². The number of nitrogens with zero attached hydrogens (tertiary/aromatic N) is 1. The quantitative estimate of drug-likeness (QED) is 0.303. The molecular formula is C15H23N3O8. The zero-order chi connectivity index (χ0) is 19.5. The number of nitrogens with two attached hydrogens (primary N) is 1. The maximum atomic E-state index is 12.3. The molecule has 1 saturated heterocycles. The summed E-state index contributed by atoms with van der Waals surface area (Å²) in [5, 5.41) is 31.1. The Hall–Kier alpha value is -2.05. The summed E-state index contributed by atoms with van der Waals surface area (Å²) in [5.74, 6) is -1.15. The van der Waals surface area contributed by atoms with E-state index in [9.17, 15) is 24.6 Å². The average Bonchev–Trinajstić information content (AvgIpc) is 2.88. The number of aliphatic hydroxyl groups excluding tert-OH is 3. The lowest BCUT2D eigenvalue weighted by atomic mass is 10.00. The number of ether oxygens (including phenoxy) is 2. The van der Waals surface area contributed by atoms with Crippen molar-refractivity contribution in [2.24, 2.45) is 5.73 Å². The summed E-state index contributed by atoms with van der Waals surface area (Å²) in [6.07, 6.45) is -3.18. The molecule has 0 aromatic rings. The summed E-state index contributed by atoms with van der Waals surface area (Å²) in [6, 6.07) is -0.839. The molecule has 2 heterocycles. The van der Waals surface area contributed by atoms with E-state index < -0.39 is 54.6 Å². The number of hydrogen-bond donors (Lipinski definition) is 5. The smallest absolute Gasteiger partial charge is 0.325 e. The normalized spacial score (nSPS) is 33.9. The molecule has 2 aliphatic heterocycles. The van der Waals surface area contributed by atoms with Gasteiger partial charge in [-0.3, -0.25) is 20.2 Å². The number of carbonyl (C=O) groups is 3. The van der Waals surface area contributed by atoms with E-state index in [2.05, 4.69) is 5.32 Å². The Kier molecular flexibility index (Phi) is 6.31. The Bertz CT molecular complexity index is 597. The number of rotatable bonds is 7. The molecule has 1 fully saturated rings. The number of carbonyl (C=O) groups excluding carboxylic acids is 3. The van der Waals surface area contributed by atoms with Crippen LogP contribution in [0.4, 0.5) is 4.79 Å². The zero-order valence-electron chi connectivity index (χ0n) is 14.2. The Morgan fingerprint density at radius 3 is 2.62 bits per heavy atom. The highest BCUT2D eigenvalue weighted by atomic mass is 16.6. The number of Topliss-reactive ketones (excluding diaryl/α,β-unsaturated/α-hetero) is 1. The maximum Gasteiger partial charge on any atom is 0.325 e. The highest BCUT2D eigenvalue weighted by molar-refractivity contribution is 5.96. The lowest BCUT2D eigenvalue weighted by molar-refractivity contribution is -0.144. The van der Waals surface area contributed by atoms with Gasteiger partial charge in [0.15, 0.2) is 17.7 Å². The van der Waals surface area contributed by atoms with Crippen LogP contribution >= 0.6 is 0 Å². The molecule has 11 nitrogen and oxygen atoms in total. The molecule has 11 heteroatoms. The van der Waals surface area contributed by atoms with E-state index in [0.717, 1.165) is 11.1 Å². The van der Waals surface area contributed by atoms with E-state index in [0.29, 0.717) is 0 Å². The van der Waals surface area contributed by atoms with Crippen LogP contribution in [0.3, 0.4) is 0 Å². The maximum absolute atomic E-state index is 12.3. The molecule has 26 heavy (non-hydrogen) atoms. The molecule has 2 amide bonds. The predicted molar refractivity (Wildman–Crippen MR) is 85.1 cm³/mol. The number of hydrogen-bond acceptors (Lipinski definition) is 9. The Balaban J connectivity index is 2.04. The van der Waals surface area contributed by atoms with Crippen LogP contribution in [0.15, 0.2) is 12.3 Å². The minimum absolute atomic E-state index is 0.173. The lowest BCUT2D eigenvalue weighted by Gasteiger charge is -2.36. The van der Waals surface area contributed by atoms with Crippen molar-refractivity contribution in [3.8, 4) is 0 Å². The van der Waals surface area contributed by atoms with Gasteiger partial charge in [-0.25, -0.2) is 4.79 Å².